The van der Waals surface area contributed by atoms with Crippen molar-refractivity contribution in [3.05, 3.63) is 70.6 Å². The Hall–Kier alpha value is -2.78. The average molecular weight is 351 g/mol. The second kappa shape index (κ2) is 7.86. The molecular formula is C19H17N3O2S. The molecule has 3 rings (SSSR count). The minimum absolute atomic E-state index is 0.238. The molecule has 0 spiro atoms. The van der Waals surface area contributed by atoms with E-state index in [1.165, 1.54) is 11.8 Å². The summed E-state index contributed by atoms with van der Waals surface area (Å²) in [5, 5.41) is 17.5. The van der Waals surface area contributed by atoms with Gasteiger partial charge in [-0.1, -0.05) is 36.0 Å². The monoisotopic (exact) mass is 351 g/mol. The SMILES string of the molecule is Cc1ccc(C)c(OCc2nnc(SCc3cccc(C#N)c3)o2)c1. The highest BCUT2D eigenvalue weighted by Gasteiger charge is 2.09. The molecule has 25 heavy (non-hydrogen) atoms. The van der Waals surface area contributed by atoms with Gasteiger partial charge in [-0.05, 0) is 48.7 Å². The minimum atomic E-state index is 0.238. The van der Waals surface area contributed by atoms with Crippen molar-refractivity contribution in [1.82, 2.24) is 10.2 Å². The van der Waals surface area contributed by atoms with Crippen molar-refractivity contribution in [2.45, 2.75) is 31.4 Å². The van der Waals surface area contributed by atoms with E-state index in [0.29, 0.717) is 22.4 Å². The average Bonchev–Trinajstić information content (AvgIpc) is 3.09. The summed E-state index contributed by atoms with van der Waals surface area (Å²) in [7, 11) is 0. The van der Waals surface area contributed by atoms with E-state index in [2.05, 4.69) is 16.3 Å². The number of rotatable bonds is 6. The minimum Gasteiger partial charge on any atom is -0.484 e. The summed E-state index contributed by atoms with van der Waals surface area (Å²) < 4.78 is 11.4. The summed E-state index contributed by atoms with van der Waals surface area (Å²) in [6.45, 7) is 4.26. The number of hydrogen-bond acceptors (Lipinski definition) is 6. The van der Waals surface area contributed by atoms with E-state index in [-0.39, 0.29) is 6.61 Å². The van der Waals surface area contributed by atoms with Crippen LogP contribution in [-0.2, 0) is 12.4 Å². The molecule has 0 amide bonds. The Morgan fingerprint density at radius 2 is 2.04 bits per heavy atom. The fourth-order valence-electron chi connectivity index (χ4n) is 2.23. The molecule has 0 aliphatic heterocycles. The molecule has 0 radical (unpaired) electrons. The number of nitrogens with zero attached hydrogens (tertiary/aromatic N) is 3. The van der Waals surface area contributed by atoms with Crippen LogP contribution in [-0.4, -0.2) is 10.2 Å². The van der Waals surface area contributed by atoms with Crippen LogP contribution in [0.2, 0.25) is 0 Å². The number of hydrogen-bond donors (Lipinski definition) is 0. The summed E-state index contributed by atoms with van der Waals surface area (Å²) >= 11 is 1.44. The van der Waals surface area contributed by atoms with Gasteiger partial charge in [-0.25, -0.2) is 0 Å². The highest BCUT2D eigenvalue weighted by molar-refractivity contribution is 7.98. The molecule has 3 aromatic rings. The van der Waals surface area contributed by atoms with Crippen molar-refractivity contribution in [3.8, 4) is 11.8 Å². The summed E-state index contributed by atoms with van der Waals surface area (Å²) in [5.41, 5.74) is 3.89. The van der Waals surface area contributed by atoms with Gasteiger partial charge in [0.1, 0.15) is 5.75 Å². The Balaban J connectivity index is 1.57. The van der Waals surface area contributed by atoms with Gasteiger partial charge >= 0.3 is 0 Å². The predicted octanol–water partition coefficient (Wildman–Crippen LogP) is 4.43. The van der Waals surface area contributed by atoms with Crippen molar-refractivity contribution in [2.75, 3.05) is 0 Å². The number of thioether (sulfide) groups is 1. The van der Waals surface area contributed by atoms with Crippen molar-refractivity contribution in [3.63, 3.8) is 0 Å². The molecule has 0 unspecified atom stereocenters. The fourth-order valence-corrected chi connectivity index (χ4v) is 2.96. The van der Waals surface area contributed by atoms with E-state index in [0.717, 1.165) is 22.4 Å². The van der Waals surface area contributed by atoms with Crippen LogP contribution in [0, 0.1) is 25.2 Å². The van der Waals surface area contributed by atoms with Crippen LogP contribution in [0.25, 0.3) is 0 Å². The van der Waals surface area contributed by atoms with Crippen molar-refractivity contribution < 1.29 is 9.15 Å². The summed E-state index contributed by atoms with van der Waals surface area (Å²) in [6.07, 6.45) is 0. The zero-order valence-corrected chi connectivity index (χ0v) is 14.8. The Morgan fingerprint density at radius 3 is 2.88 bits per heavy atom. The molecule has 126 valence electrons. The maximum atomic E-state index is 8.93. The van der Waals surface area contributed by atoms with Crippen LogP contribution >= 0.6 is 11.8 Å². The van der Waals surface area contributed by atoms with Gasteiger partial charge in [-0.3, -0.25) is 0 Å². The van der Waals surface area contributed by atoms with Gasteiger partial charge in [0, 0.05) is 5.75 Å². The molecule has 0 N–H and O–H groups in total. The quantitative estimate of drug-likeness (QED) is 0.612. The first-order valence-corrected chi connectivity index (χ1v) is 8.77. The maximum Gasteiger partial charge on any atom is 0.277 e. The van der Waals surface area contributed by atoms with E-state index in [9.17, 15) is 0 Å². The molecule has 5 nitrogen and oxygen atoms in total. The molecule has 0 aliphatic carbocycles. The number of nitriles is 1. The number of ether oxygens (including phenoxy) is 1. The molecule has 0 fully saturated rings. The highest BCUT2D eigenvalue weighted by Crippen LogP contribution is 2.23. The van der Waals surface area contributed by atoms with Crippen molar-refractivity contribution in [1.29, 1.82) is 5.26 Å². The second-order valence-electron chi connectivity index (χ2n) is 5.62. The smallest absolute Gasteiger partial charge is 0.277 e. The van der Waals surface area contributed by atoms with Gasteiger partial charge in [-0.2, -0.15) is 5.26 Å². The van der Waals surface area contributed by atoms with Gasteiger partial charge in [0.2, 0.25) is 0 Å². The van der Waals surface area contributed by atoms with E-state index in [1.54, 1.807) is 6.07 Å². The highest BCUT2D eigenvalue weighted by atomic mass is 32.2. The van der Waals surface area contributed by atoms with Crippen LogP contribution in [0.15, 0.2) is 52.1 Å². The third kappa shape index (κ3) is 4.61. The standard InChI is InChI=1S/C19H17N3O2S/c1-13-6-7-14(2)17(8-13)23-11-18-21-22-19(24-18)25-12-16-5-3-4-15(9-16)10-20/h3-9H,11-12H2,1-2H3. The van der Waals surface area contributed by atoms with Crippen LogP contribution in [0.5, 0.6) is 5.75 Å². The lowest BCUT2D eigenvalue weighted by molar-refractivity contribution is 0.250. The first-order valence-electron chi connectivity index (χ1n) is 7.78. The van der Waals surface area contributed by atoms with E-state index in [4.69, 9.17) is 14.4 Å². The molecule has 1 heterocycles. The van der Waals surface area contributed by atoms with E-state index < -0.39 is 0 Å². The van der Waals surface area contributed by atoms with Crippen LogP contribution in [0.4, 0.5) is 0 Å². The Morgan fingerprint density at radius 1 is 1.16 bits per heavy atom. The largest absolute Gasteiger partial charge is 0.484 e. The number of benzene rings is 2. The van der Waals surface area contributed by atoms with Gasteiger partial charge in [0.05, 0.1) is 11.6 Å². The second-order valence-corrected chi connectivity index (χ2v) is 6.55. The van der Waals surface area contributed by atoms with Gasteiger partial charge in [0.25, 0.3) is 11.1 Å². The van der Waals surface area contributed by atoms with Crippen LogP contribution in [0.1, 0.15) is 28.1 Å². The lowest BCUT2D eigenvalue weighted by Crippen LogP contribution is -1.97. The van der Waals surface area contributed by atoms with E-state index in [1.807, 2.05) is 50.2 Å². The normalized spacial score (nSPS) is 10.4. The Kier molecular flexibility index (Phi) is 5.36. The molecule has 0 saturated carbocycles. The van der Waals surface area contributed by atoms with Gasteiger partial charge in [0.15, 0.2) is 6.61 Å². The number of aryl methyl sites for hydroxylation is 2. The molecule has 0 saturated heterocycles. The number of aromatic nitrogens is 2. The molecular weight excluding hydrogens is 334 g/mol. The Labute approximate surface area is 150 Å². The zero-order valence-electron chi connectivity index (χ0n) is 14.0. The third-order valence-corrected chi connectivity index (χ3v) is 4.45. The van der Waals surface area contributed by atoms with Crippen molar-refractivity contribution >= 4 is 11.8 Å². The molecule has 0 bridgehead atoms. The van der Waals surface area contributed by atoms with Gasteiger partial charge < -0.3 is 9.15 Å². The lowest BCUT2D eigenvalue weighted by Gasteiger charge is -2.07. The summed E-state index contributed by atoms with van der Waals surface area (Å²) in [5.74, 6) is 1.92. The van der Waals surface area contributed by atoms with Crippen molar-refractivity contribution in [2.24, 2.45) is 0 Å². The topological polar surface area (TPSA) is 71.9 Å². The van der Waals surface area contributed by atoms with E-state index >= 15 is 0 Å². The summed E-state index contributed by atoms with van der Waals surface area (Å²) in [6, 6.07) is 15.7. The lowest BCUT2D eigenvalue weighted by atomic mass is 10.1. The maximum absolute atomic E-state index is 8.93. The molecule has 2 aromatic carbocycles. The zero-order chi connectivity index (χ0) is 17.6. The first kappa shape index (κ1) is 17.1. The summed E-state index contributed by atoms with van der Waals surface area (Å²) in [4.78, 5) is 0. The Bertz CT molecular complexity index is 915. The fraction of sp³-hybridized carbons (Fsp3) is 0.211. The molecule has 0 aliphatic rings. The van der Waals surface area contributed by atoms with Gasteiger partial charge in [-0.15, -0.1) is 10.2 Å². The predicted molar refractivity (Wildman–Crippen MR) is 95.3 cm³/mol. The molecule has 6 heteroatoms. The molecule has 1 aromatic heterocycles. The van der Waals surface area contributed by atoms with Crippen LogP contribution < -0.4 is 4.74 Å². The van der Waals surface area contributed by atoms with Crippen LogP contribution in [0.3, 0.4) is 0 Å². The first-order chi connectivity index (χ1) is 12.1. The molecule has 0 atom stereocenters. The third-order valence-electron chi connectivity index (χ3n) is 3.56.